The molecule has 0 bridgehead atoms. The largest absolute Gasteiger partial charge is 0.496 e. The van der Waals surface area contributed by atoms with Crippen LogP contribution in [0.1, 0.15) is 36.9 Å². The van der Waals surface area contributed by atoms with Crippen molar-refractivity contribution in [2.75, 3.05) is 18.1 Å². The van der Waals surface area contributed by atoms with Crippen molar-refractivity contribution in [2.24, 2.45) is 5.10 Å². The number of anilines is 1. The molecular formula is C20H23N3O4S. The summed E-state index contributed by atoms with van der Waals surface area (Å²) >= 11 is 0. The summed E-state index contributed by atoms with van der Waals surface area (Å²) in [6.45, 7) is 1.81. The number of hydrogen-bond acceptors (Lipinski definition) is 5. The van der Waals surface area contributed by atoms with Gasteiger partial charge < -0.3 is 4.74 Å². The fourth-order valence-corrected chi connectivity index (χ4v) is 3.77. The molecule has 1 atom stereocenters. The van der Waals surface area contributed by atoms with Gasteiger partial charge in [0.2, 0.25) is 15.9 Å². The van der Waals surface area contributed by atoms with Gasteiger partial charge in [-0.3, -0.25) is 9.52 Å². The first-order chi connectivity index (χ1) is 13.3. The Morgan fingerprint density at radius 3 is 2.50 bits per heavy atom. The Morgan fingerprint density at radius 2 is 1.89 bits per heavy atom. The molecule has 1 N–H and O–H groups in total. The van der Waals surface area contributed by atoms with Crippen molar-refractivity contribution in [3.63, 3.8) is 0 Å². The van der Waals surface area contributed by atoms with E-state index in [2.05, 4.69) is 9.82 Å². The van der Waals surface area contributed by atoms with Gasteiger partial charge in [0, 0.05) is 24.1 Å². The highest BCUT2D eigenvalue weighted by molar-refractivity contribution is 7.92. The van der Waals surface area contributed by atoms with Crippen LogP contribution in [0.5, 0.6) is 5.75 Å². The first kappa shape index (κ1) is 19.9. The van der Waals surface area contributed by atoms with Crippen LogP contribution in [-0.2, 0) is 14.8 Å². The molecule has 148 valence electrons. The second kappa shape index (κ2) is 8.02. The van der Waals surface area contributed by atoms with Gasteiger partial charge >= 0.3 is 0 Å². The molecule has 8 heteroatoms. The highest BCUT2D eigenvalue weighted by Gasteiger charge is 2.33. The molecule has 0 radical (unpaired) electrons. The minimum atomic E-state index is -3.33. The van der Waals surface area contributed by atoms with Gasteiger partial charge in [0.15, 0.2) is 0 Å². The van der Waals surface area contributed by atoms with E-state index in [-0.39, 0.29) is 11.9 Å². The van der Waals surface area contributed by atoms with E-state index < -0.39 is 10.0 Å². The summed E-state index contributed by atoms with van der Waals surface area (Å²) in [6, 6.07) is 14.3. The average Bonchev–Trinajstić information content (AvgIpc) is 3.12. The molecule has 0 aliphatic carbocycles. The predicted molar refractivity (Wildman–Crippen MR) is 109 cm³/mol. The Kier molecular flexibility index (Phi) is 5.69. The molecule has 0 spiro atoms. The lowest BCUT2D eigenvalue weighted by Crippen LogP contribution is -2.26. The van der Waals surface area contributed by atoms with Crippen LogP contribution in [-0.4, -0.2) is 38.4 Å². The number of para-hydroxylation sites is 1. The summed E-state index contributed by atoms with van der Waals surface area (Å²) in [4.78, 5) is 12.5. The average molecular weight is 401 g/mol. The lowest BCUT2D eigenvalue weighted by molar-refractivity contribution is -0.132. The Morgan fingerprint density at radius 1 is 1.21 bits per heavy atom. The van der Waals surface area contributed by atoms with Crippen molar-refractivity contribution in [3.8, 4) is 5.75 Å². The monoisotopic (exact) mass is 401 g/mol. The predicted octanol–water partition coefficient (Wildman–Crippen LogP) is 3.15. The number of sulfonamides is 1. The van der Waals surface area contributed by atoms with Crippen LogP contribution < -0.4 is 9.46 Å². The van der Waals surface area contributed by atoms with E-state index in [1.54, 1.807) is 38.3 Å². The summed E-state index contributed by atoms with van der Waals surface area (Å²) in [5, 5.41) is 6.10. The third kappa shape index (κ3) is 4.33. The maximum absolute atomic E-state index is 12.5. The molecule has 2 aromatic rings. The van der Waals surface area contributed by atoms with Gasteiger partial charge in [0.1, 0.15) is 5.75 Å². The molecule has 1 amide bonds. The number of carbonyl (C=O) groups is 1. The van der Waals surface area contributed by atoms with Crippen molar-refractivity contribution in [1.29, 1.82) is 0 Å². The molecule has 3 rings (SSSR count). The van der Waals surface area contributed by atoms with Crippen LogP contribution in [0.2, 0.25) is 0 Å². The number of amides is 1. The number of hydrazone groups is 1. The zero-order chi connectivity index (χ0) is 20.3. The number of benzene rings is 2. The maximum atomic E-state index is 12.5. The molecule has 0 saturated carbocycles. The van der Waals surface area contributed by atoms with Crippen molar-refractivity contribution in [2.45, 2.75) is 25.8 Å². The maximum Gasteiger partial charge on any atom is 0.242 e. The molecule has 0 fully saturated rings. The number of nitrogens with one attached hydrogen (secondary N) is 1. The summed E-state index contributed by atoms with van der Waals surface area (Å²) < 4.78 is 30.6. The van der Waals surface area contributed by atoms with E-state index in [1.807, 2.05) is 24.3 Å². The summed E-state index contributed by atoms with van der Waals surface area (Å²) in [6.07, 6.45) is 2.00. The highest BCUT2D eigenvalue weighted by atomic mass is 32.2. The Labute approximate surface area is 165 Å². The van der Waals surface area contributed by atoms with Crippen LogP contribution in [0.25, 0.3) is 0 Å². The second-order valence-electron chi connectivity index (χ2n) is 6.55. The molecule has 0 saturated heterocycles. The third-order valence-electron chi connectivity index (χ3n) is 4.49. The molecule has 1 aliphatic rings. The summed E-state index contributed by atoms with van der Waals surface area (Å²) in [5.41, 5.74) is 2.99. The normalized spacial score (nSPS) is 16.6. The number of ether oxygens (including phenoxy) is 1. The van der Waals surface area contributed by atoms with Crippen LogP contribution in [0, 0.1) is 0 Å². The standard InChI is InChI=1S/C20H23N3O4S/c1-4-20(24)23-18(16-7-5-6-8-19(16)27-2)13-17(21-23)14-9-11-15(12-10-14)22-28(3,25)26/h5-12,18,22H,4,13H2,1-3H3. The molecule has 1 aliphatic heterocycles. The number of nitrogens with zero attached hydrogens (tertiary/aromatic N) is 2. The van der Waals surface area contributed by atoms with E-state index >= 15 is 0 Å². The van der Waals surface area contributed by atoms with Gasteiger partial charge in [-0.25, -0.2) is 13.4 Å². The number of methoxy groups -OCH3 is 1. The van der Waals surface area contributed by atoms with E-state index in [9.17, 15) is 13.2 Å². The van der Waals surface area contributed by atoms with Gasteiger partial charge in [-0.15, -0.1) is 0 Å². The number of rotatable bonds is 6. The second-order valence-corrected chi connectivity index (χ2v) is 8.30. The Bertz CT molecular complexity index is 1000. The van der Waals surface area contributed by atoms with Crippen molar-refractivity contribution in [3.05, 3.63) is 59.7 Å². The molecule has 7 nitrogen and oxygen atoms in total. The Hall–Kier alpha value is -2.87. The minimum Gasteiger partial charge on any atom is -0.496 e. The lowest BCUT2D eigenvalue weighted by atomic mass is 9.97. The van der Waals surface area contributed by atoms with Crippen LogP contribution >= 0.6 is 0 Å². The molecule has 2 aromatic carbocycles. The highest BCUT2D eigenvalue weighted by Crippen LogP contribution is 2.37. The van der Waals surface area contributed by atoms with Crippen molar-refractivity contribution < 1.29 is 17.9 Å². The van der Waals surface area contributed by atoms with Gasteiger partial charge in [0.25, 0.3) is 0 Å². The van der Waals surface area contributed by atoms with Crippen molar-refractivity contribution >= 4 is 27.3 Å². The van der Waals surface area contributed by atoms with E-state index in [0.29, 0.717) is 24.3 Å². The van der Waals surface area contributed by atoms with Crippen LogP contribution in [0.3, 0.4) is 0 Å². The van der Waals surface area contributed by atoms with Gasteiger partial charge in [-0.1, -0.05) is 37.3 Å². The zero-order valence-electron chi connectivity index (χ0n) is 16.0. The molecule has 1 heterocycles. The summed E-state index contributed by atoms with van der Waals surface area (Å²) in [7, 11) is -1.73. The summed E-state index contributed by atoms with van der Waals surface area (Å²) in [5.74, 6) is 0.645. The van der Waals surface area contributed by atoms with Crippen molar-refractivity contribution in [1.82, 2.24) is 5.01 Å². The lowest BCUT2D eigenvalue weighted by Gasteiger charge is -2.23. The molecular weight excluding hydrogens is 378 g/mol. The van der Waals surface area contributed by atoms with E-state index in [4.69, 9.17) is 4.74 Å². The molecule has 1 unspecified atom stereocenters. The van der Waals surface area contributed by atoms with Crippen LogP contribution in [0.15, 0.2) is 53.6 Å². The topological polar surface area (TPSA) is 88.1 Å². The van der Waals surface area contributed by atoms with E-state index in [0.717, 1.165) is 23.1 Å². The fourth-order valence-electron chi connectivity index (χ4n) is 3.21. The van der Waals surface area contributed by atoms with Gasteiger partial charge in [-0.05, 0) is 23.8 Å². The number of carbonyl (C=O) groups excluding carboxylic acids is 1. The van der Waals surface area contributed by atoms with Crippen LogP contribution in [0.4, 0.5) is 5.69 Å². The first-order valence-electron chi connectivity index (χ1n) is 8.93. The first-order valence-corrected chi connectivity index (χ1v) is 10.8. The SMILES string of the molecule is CCC(=O)N1N=C(c2ccc(NS(C)(=O)=O)cc2)CC1c1ccccc1OC. The number of hydrogen-bond donors (Lipinski definition) is 1. The van der Waals surface area contributed by atoms with E-state index in [1.165, 1.54) is 5.01 Å². The quantitative estimate of drug-likeness (QED) is 0.805. The fraction of sp³-hybridized carbons (Fsp3) is 0.300. The molecule has 0 aromatic heterocycles. The smallest absolute Gasteiger partial charge is 0.242 e. The van der Waals surface area contributed by atoms with Gasteiger partial charge in [0.05, 0.1) is 25.1 Å². The zero-order valence-corrected chi connectivity index (χ0v) is 16.9. The minimum absolute atomic E-state index is 0.0683. The van der Waals surface area contributed by atoms with Gasteiger partial charge in [-0.2, -0.15) is 5.10 Å². The third-order valence-corrected chi connectivity index (χ3v) is 5.09. The molecule has 28 heavy (non-hydrogen) atoms. The Balaban J connectivity index is 1.91.